The van der Waals surface area contributed by atoms with Gasteiger partial charge in [-0.1, -0.05) is 11.6 Å². The number of aromatic nitrogens is 3. The number of hydrogen-bond donors (Lipinski definition) is 2. The Hall–Kier alpha value is -1.96. The van der Waals surface area contributed by atoms with Gasteiger partial charge in [0.15, 0.2) is 0 Å². The first-order valence-electron chi connectivity index (χ1n) is 8.62. The molecule has 26 heavy (non-hydrogen) atoms. The van der Waals surface area contributed by atoms with E-state index < -0.39 is 0 Å². The van der Waals surface area contributed by atoms with Crippen LogP contribution in [0.25, 0.3) is 10.2 Å². The third-order valence-electron chi connectivity index (χ3n) is 4.74. The standard InChI is InChI=1S/C18H20ClN5OS/c1-24-10-11(7-22-24)13-8-20-9-14(13)18(25)21-5-4-17-23-15-6-12(19)2-3-16(15)26-17/h2-3,6-7,10,13-14,20H,4-5,8-9H2,1H3,(H,21,25)/t13-,14+/m1/s1. The Balaban J connectivity index is 1.35. The van der Waals surface area contributed by atoms with Gasteiger partial charge in [0, 0.05) is 50.2 Å². The molecule has 4 rings (SSSR count). The molecule has 136 valence electrons. The molecule has 0 bridgehead atoms. The van der Waals surface area contributed by atoms with Crippen molar-refractivity contribution in [3.05, 3.63) is 46.2 Å². The van der Waals surface area contributed by atoms with Crippen molar-refractivity contribution >= 4 is 39.1 Å². The zero-order chi connectivity index (χ0) is 18.1. The van der Waals surface area contributed by atoms with E-state index in [9.17, 15) is 4.79 Å². The second kappa shape index (κ2) is 7.34. The van der Waals surface area contributed by atoms with Crippen LogP contribution in [0.1, 0.15) is 16.5 Å². The van der Waals surface area contributed by atoms with Gasteiger partial charge in [0.2, 0.25) is 5.91 Å². The summed E-state index contributed by atoms with van der Waals surface area (Å²) < 4.78 is 2.90. The van der Waals surface area contributed by atoms with Gasteiger partial charge in [-0.05, 0) is 23.8 Å². The lowest BCUT2D eigenvalue weighted by Gasteiger charge is -2.16. The van der Waals surface area contributed by atoms with Gasteiger partial charge in [-0.3, -0.25) is 9.48 Å². The monoisotopic (exact) mass is 389 g/mol. The van der Waals surface area contributed by atoms with Crippen LogP contribution in [0.15, 0.2) is 30.6 Å². The number of hydrogen-bond acceptors (Lipinski definition) is 5. The number of rotatable bonds is 5. The second-order valence-electron chi connectivity index (χ2n) is 6.58. The number of halogens is 1. The van der Waals surface area contributed by atoms with Gasteiger partial charge in [-0.15, -0.1) is 11.3 Å². The van der Waals surface area contributed by atoms with E-state index in [0.29, 0.717) is 18.1 Å². The number of nitrogens with zero attached hydrogens (tertiary/aromatic N) is 3. The lowest BCUT2D eigenvalue weighted by molar-refractivity contribution is -0.124. The van der Waals surface area contributed by atoms with Crippen molar-refractivity contribution < 1.29 is 4.79 Å². The van der Waals surface area contributed by atoms with E-state index in [2.05, 4.69) is 20.7 Å². The minimum atomic E-state index is -0.0617. The number of fused-ring (bicyclic) bond motifs is 1. The SMILES string of the molecule is Cn1cc([C@H]2CNC[C@@H]2C(=O)NCCc2nc3cc(Cl)ccc3s2)cn1. The van der Waals surface area contributed by atoms with Crippen LogP contribution in [0.2, 0.25) is 5.02 Å². The van der Waals surface area contributed by atoms with Crippen molar-refractivity contribution in [3.63, 3.8) is 0 Å². The van der Waals surface area contributed by atoms with E-state index in [1.54, 1.807) is 16.0 Å². The molecule has 1 aliphatic heterocycles. The fraction of sp³-hybridized carbons (Fsp3) is 0.389. The van der Waals surface area contributed by atoms with Crippen LogP contribution < -0.4 is 10.6 Å². The summed E-state index contributed by atoms with van der Waals surface area (Å²) in [7, 11) is 1.89. The van der Waals surface area contributed by atoms with E-state index in [0.717, 1.165) is 33.8 Å². The summed E-state index contributed by atoms with van der Waals surface area (Å²) in [6.07, 6.45) is 4.56. The largest absolute Gasteiger partial charge is 0.355 e. The van der Waals surface area contributed by atoms with E-state index in [1.165, 1.54) is 0 Å². The summed E-state index contributed by atoms with van der Waals surface area (Å²) in [5.41, 5.74) is 2.03. The van der Waals surface area contributed by atoms with Gasteiger partial charge in [0.1, 0.15) is 0 Å². The van der Waals surface area contributed by atoms with E-state index >= 15 is 0 Å². The normalized spacial score (nSPS) is 19.9. The molecule has 1 amide bonds. The summed E-state index contributed by atoms with van der Waals surface area (Å²) in [4.78, 5) is 17.2. The smallest absolute Gasteiger partial charge is 0.225 e. The van der Waals surface area contributed by atoms with Crippen molar-refractivity contribution in [1.82, 2.24) is 25.4 Å². The first kappa shape index (κ1) is 17.5. The first-order chi connectivity index (χ1) is 12.6. The molecule has 8 heteroatoms. The average molecular weight is 390 g/mol. The number of nitrogens with one attached hydrogen (secondary N) is 2. The summed E-state index contributed by atoms with van der Waals surface area (Å²) >= 11 is 7.65. The van der Waals surface area contributed by atoms with Crippen molar-refractivity contribution in [2.75, 3.05) is 19.6 Å². The maximum atomic E-state index is 12.6. The predicted molar refractivity (Wildman–Crippen MR) is 104 cm³/mol. The highest BCUT2D eigenvalue weighted by Crippen LogP contribution is 2.28. The minimum absolute atomic E-state index is 0.0617. The number of benzene rings is 1. The van der Waals surface area contributed by atoms with Crippen molar-refractivity contribution in [2.24, 2.45) is 13.0 Å². The molecule has 2 atom stereocenters. The highest BCUT2D eigenvalue weighted by Gasteiger charge is 2.34. The maximum absolute atomic E-state index is 12.6. The quantitative estimate of drug-likeness (QED) is 0.702. The van der Waals surface area contributed by atoms with Gasteiger partial charge in [0.05, 0.1) is 27.3 Å². The van der Waals surface area contributed by atoms with Crippen molar-refractivity contribution in [1.29, 1.82) is 0 Å². The molecule has 0 radical (unpaired) electrons. The van der Waals surface area contributed by atoms with Crippen LogP contribution in [0.4, 0.5) is 0 Å². The average Bonchev–Trinajstić information content (AvgIpc) is 3.32. The molecule has 0 aliphatic carbocycles. The van der Waals surface area contributed by atoms with Gasteiger partial charge in [0.25, 0.3) is 0 Å². The molecule has 1 aliphatic rings. The van der Waals surface area contributed by atoms with Crippen LogP contribution in [-0.2, 0) is 18.3 Å². The number of carbonyl (C=O) groups excluding carboxylic acids is 1. The summed E-state index contributed by atoms with van der Waals surface area (Å²) in [5, 5.41) is 12.3. The Bertz CT molecular complexity index is 937. The molecule has 2 aromatic heterocycles. The first-order valence-corrected chi connectivity index (χ1v) is 9.81. The molecule has 1 fully saturated rings. The van der Waals surface area contributed by atoms with Crippen LogP contribution in [0.3, 0.4) is 0 Å². The third kappa shape index (κ3) is 3.60. The number of amides is 1. The molecular weight excluding hydrogens is 370 g/mol. The fourth-order valence-corrected chi connectivity index (χ4v) is 4.53. The Kier molecular flexibility index (Phi) is 4.93. The Morgan fingerprint density at radius 1 is 1.46 bits per heavy atom. The molecule has 1 aromatic carbocycles. The predicted octanol–water partition coefficient (Wildman–Crippen LogP) is 2.35. The zero-order valence-electron chi connectivity index (χ0n) is 14.4. The minimum Gasteiger partial charge on any atom is -0.355 e. The van der Waals surface area contributed by atoms with Crippen molar-refractivity contribution in [3.8, 4) is 0 Å². The lowest BCUT2D eigenvalue weighted by Crippen LogP contribution is -2.35. The van der Waals surface area contributed by atoms with Crippen LogP contribution >= 0.6 is 22.9 Å². The molecule has 2 N–H and O–H groups in total. The maximum Gasteiger partial charge on any atom is 0.225 e. The molecule has 0 spiro atoms. The molecule has 3 heterocycles. The third-order valence-corrected chi connectivity index (χ3v) is 6.07. The number of thiazole rings is 1. The van der Waals surface area contributed by atoms with Crippen molar-refractivity contribution in [2.45, 2.75) is 12.3 Å². The van der Waals surface area contributed by atoms with E-state index in [-0.39, 0.29) is 17.7 Å². The number of aryl methyl sites for hydroxylation is 1. The second-order valence-corrected chi connectivity index (χ2v) is 8.13. The van der Waals surface area contributed by atoms with E-state index in [4.69, 9.17) is 11.6 Å². The Morgan fingerprint density at radius 2 is 2.35 bits per heavy atom. The summed E-state index contributed by atoms with van der Waals surface area (Å²) in [5.74, 6) is 0.203. The van der Waals surface area contributed by atoms with Crippen LogP contribution in [-0.4, -0.2) is 40.3 Å². The summed E-state index contributed by atoms with van der Waals surface area (Å²) in [6, 6.07) is 5.73. The number of carbonyl (C=O) groups is 1. The van der Waals surface area contributed by atoms with Crippen LogP contribution in [0, 0.1) is 5.92 Å². The van der Waals surface area contributed by atoms with Crippen LogP contribution in [0.5, 0.6) is 0 Å². The topological polar surface area (TPSA) is 71.8 Å². The molecule has 0 saturated carbocycles. The Labute approximate surface area is 160 Å². The highest BCUT2D eigenvalue weighted by molar-refractivity contribution is 7.18. The van der Waals surface area contributed by atoms with E-state index in [1.807, 2.05) is 37.6 Å². The zero-order valence-corrected chi connectivity index (χ0v) is 16.0. The highest BCUT2D eigenvalue weighted by atomic mass is 35.5. The molecule has 0 unspecified atom stereocenters. The fourth-order valence-electron chi connectivity index (χ4n) is 3.42. The Morgan fingerprint density at radius 3 is 3.15 bits per heavy atom. The van der Waals surface area contributed by atoms with Gasteiger partial charge in [-0.2, -0.15) is 5.10 Å². The molecule has 3 aromatic rings. The van der Waals surface area contributed by atoms with Gasteiger partial charge < -0.3 is 10.6 Å². The molecule has 6 nitrogen and oxygen atoms in total. The van der Waals surface area contributed by atoms with Gasteiger partial charge in [-0.25, -0.2) is 4.98 Å². The lowest BCUT2D eigenvalue weighted by atomic mass is 9.90. The van der Waals surface area contributed by atoms with Gasteiger partial charge >= 0.3 is 0 Å². The molecular formula is C18H20ClN5OS. The summed E-state index contributed by atoms with van der Waals surface area (Å²) in [6.45, 7) is 2.09. The molecule has 1 saturated heterocycles.